The number of carbonyl (C=O) groups is 1. The summed E-state index contributed by atoms with van der Waals surface area (Å²) >= 11 is 1.29. The van der Waals surface area contributed by atoms with Crippen LogP contribution >= 0.6 is 11.3 Å². The van der Waals surface area contributed by atoms with Crippen molar-refractivity contribution in [3.8, 4) is 27.7 Å². The fourth-order valence-electron chi connectivity index (χ4n) is 4.32. The van der Waals surface area contributed by atoms with Gasteiger partial charge in [-0.15, -0.1) is 11.3 Å². The zero-order valence-corrected chi connectivity index (χ0v) is 26.6. The summed E-state index contributed by atoms with van der Waals surface area (Å²) in [6, 6.07) is 17.9. The standard InChI is InChI=1S/C31H33NO8S3/c1-4-5-6-7-18-32-19-20-38-24-12-8-22(9-13-24)30(33)29-27-17-16-26(40-43(3,36)37)21-28(27)41-31(29)23-10-14-25(15-11-23)39-42(2,34)35/h8-17,19,21H,4-7,18,20H2,1-3H3. The summed E-state index contributed by atoms with van der Waals surface area (Å²) in [5.74, 6) is 0.633. The van der Waals surface area contributed by atoms with Crippen LogP contribution in [0, 0.1) is 0 Å². The molecule has 1 heterocycles. The minimum atomic E-state index is -3.75. The first-order valence-electron chi connectivity index (χ1n) is 13.7. The monoisotopic (exact) mass is 643 g/mol. The Balaban J connectivity index is 1.61. The number of ketones is 1. The predicted molar refractivity (Wildman–Crippen MR) is 171 cm³/mol. The van der Waals surface area contributed by atoms with Crippen LogP contribution in [-0.4, -0.2) is 54.5 Å². The van der Waals surface area contributed by atoms with Crippen LogP contribution in [-0.2, 0) is 20.2 Å². The van der Waals surface area contributed by atoms with E-state index < -0.39 is 20.2 Å². The maximum atomic E-state index is 13.9. The summed E-state index contributed by atoms with van der Waals surface area (Å²) in [6.45, 7) is 3.28. The first-order valence-corrected chi connectivity index (χ1v) is 18.1. The molecule has 0 unspecified atom stereocenters. The number of benzene rings is 3. The maximum Gasteiger partial charge on any atom is 0.306 e. The number of hydrogen-bond donors (Lipinski definition) is 0. The van der Waals surface area contributed by atoms with Crippen LogP contribution in [0.4, 0.5) is 0 Å². The lowest BCUT2D eigenvalue weighted by Gasteiger charge is -2.08. The van der Waals surface area contributed by atoms with Gasteiger partial charge in [0.15, 0.2) is 5.78 Å². The van der Waals surface area contributed by atoms with Crippen molar-refractivity contribution in [1.82, 2.24) is 0 Å². The highest BCUT2D eigenvalue weighted by molar-refractivity contribution is 7.86. The van der Waals surface area contributed by atoms with Crippen LogP contribution in [0.5, 0.6) is 17.2 Å². The number of carbonyl (C=O) groups excluding carboxylic acids is 1. The summed E-state index contributed by atoms with van der Waals surface area (Å²) in [6.07, 6.45) is 8.30. The molecule has 3 aromatic carbocycles. The van der Waals surface area contributed by atoms with Crippen LogP contribution in [0.2, 0.25) is 0 Å². The van der Waals surface area contributed by atoms with Gasteiger partial charge in [-0.2, -0.15) is 16.8 Å². The second-order valence-electron chi connectivity index (χ2n) is 9.88. The highest BCUT2D eigenvalue weighted by atomic mass is 32.2. The van der Waals surface area contributed by atoms with Gasteiger partial charge in [0, 0.05) is 38.8 Å². The third-order valence-electron chi connectivity index (χ3n) is 6.21. The van der Waals surface area contributed by atoms with Crippen molar-refractivity contribution in [2.45, 2.75) is 32.6 Å². The van der Waals surface area contributed by atoms with E-state index in [0.717, 1.165) is 25.5 Å². The Labute approximate surface area is 256 Å². The van der Waals surface area contributed by atoms with E-state index in [1.54, 1.807) is 54.7 Å². The minimum absolute atomic E-state index is 0.129. The van der Waals surface area contributed by atoms with Gasteiger partial charge in [0.05, 0.1) is 12.5 Å². The van der Waals surface area contributed by atoms with Crippen LogP contribution in [0.1, 0.15) is 48.5 Å². The molecule has 0 spiro atoms. The van der Waals surface area contributed by atoms with Gasteiger partial charge in [-0.3, -0.25) is 9.79 Å². The van der Waals surface area contributed by atoms with Crippen molar-refractivity contribution in [2.24, 2.45) is 4.99 Å². The molecular weight excluding hydrogens is 611 g/mol. The SMILES string of the molecule is CCCCCCN=CCOc1ccc(C(=O)c2c(-c3ccc(OS(C)(=O)=O)cc3)sc3cc(OS(C)(=O)=O)ccc23)cc1. The number of rotatable bonds is 15. The van der Waals surface area contributed by atoms with Gasteiger partial charge in [-0.05, 0) is 78.7 Å². The van der Waals surface area contributed by atoms with Crippen LogP contribution in [0.3, 0.4) is 0 Å². The maximum absolute atomic E-state index is 13.9. The lowest BCUT2D eigenvalue weighted by molar-refractivity contribution is 0.104. The van der Waals surface area contributed by atoms with E-state index in [2.05, 4.69) is 11.9 Å². The smallest absolute Gasteiger partial charge is 0.306 e. The van der Waals surface area contributed by atoms with Gasteiger partial charge in [-0.25, -0.2) is 0 Å². The van der Waals surface area contributed by atoms with E-state index in [-0.39, 0.29) is 17.3 Å². The highest BCUT2D eigenvalue weighted by Gasteiger charge is 2.23. The van der Waals surface area contributed by atoms with Gasteiger partial charge in [0.25, 0.3) is 0 Å². The molecule has 1 aromatic heterocycles. The Bertz CT molecular complexity index is 1810. The molecule has 0 aliphatic rings. The van der Waals surface area contributed by atoms with Crippen LogP contribution in [0.15, 0.2) is 71.7 Å². The normalized spacial score (nSPS) is 12.1. The molecule has 4 aromatic rings. The Morgan fingerprint density at radius 3 is 2.09 bits per heavy atom. The molecule has 0 fully saturated rings. The van der Waals surface area contributed by atoms with Crippen LogP contribution in [0.25, 0.3) is 20.5 Å². The zero-order chi connectivity index (χ0) is 31.0. The Hall–Kier alpha value is -3.74. The summed E-state index contributed by atoms with van der Waals surface area (Å²) in [5.41, 5.74) is 1.52. The number of nitrogens with zero attached hydrogens (tertiary/aromatic N) is 1. The van der Waals surface area contributed by atoms with Gasteiger partial charge in [0.1, 0.15) is 23.9 Å². The van der Waals surface area contributed by atoms with Crippen molar-refractivity contribution in [3.63, 3.8) is 0 Å². The molecule has 0 saturated heterocycles. The van der Waals surface area contributed by atoms with Crippen molar-refractivity contribution >= 4 is 53.7 Å². The molecule has 0 bridgehead atoms. The van der Waals surface area contributed by atoms with E-state index in [1.165, 1.54) is 48.8 Å². The summed E-state index contributed by atoms with van der Waals surface area (Å²) in [5, 5.41) is 0.623. The molecule has 4 rings (SSSR count). The van der Waals surface area contributed by atoms with Crippen molar-refractivity contribution < 1.29 is 34.7 Å². The fourth-order valence-corrected chi connectivity index (χ4v) is 6.47. The van der Waals surface area contributed by atoms with Crippen molar-refractivity contribution in [2.75, 3.05) is 25.7 Å². The molecule has 0 N–H and O–H groups in total. The number of ether oxygens (including phenoxy) is 1. The van der Waals surface area contributed by atoms with Gasteiger partial charge < -0.3 is 13.1 Å². The van der Waals surface area contributed by atoms with Crippen LogP contribution < -0.4 is 13.1 Å². The molecule has 0 radical (unpaired) electrons. The van der Waals surface area contributed by atoms with E-state index in [0.29, 0.717) is 44.0 Å². The molecule has 12 heteroatoms. The van der Waals surface area contributed by atoms with E-state index in [4.69, 9.17) is 13.1 Å². The molecule has 0 aliphatic carbocycles. The minimum Gasteiger partial charge on any atom is -0.488 e. The topological polar surface area (TPSA) is 125 Å². The summed E-state index contributed by atoms with van der Waals surface area (Å²) < 4.78 is 62.8. The second-order valence-corrected chi connectivity index (χ2v) is 14.1. The first-order chi connectivity index (χ1) is 20.4. The number of fused-ring (bicyclic) bond motifs is 1. The molecule has 0 aliphatic heterocycles. The third kappa shape index (κ3) is 9.37. The van der Waals surface area contributed by atoms with E-state index in [9.17, 15) is 21.6 Å². The molecule has 43 heavy (non-hydrogen) atoms. The number of hydrogen-bond acceptors (Lipinski definition) is 10. The number of aliphatic imine (C=N–C) groups is 1. The predicted octanol–water partition coefficient (Wildman–Crippen LogP) is 6.51. The Morgan fingerprint density at radius 2 is 1.44 bits per heavy atom. The average Bonchev–Trinajstić information content (AvgIpc) is 3.32. The largest absolute Gasteiger partial charge is 0.488 e. The van der Waals surface area contributed by atoms with Crippen molar-refractivity contribution in [3.05, 3.63) is 77.9 Å². The molecule has 0 amide bonds. The molecule has 0 atom stereocenters. The first kappa shape index (κ1) is 32.2. The molecular formula is C31H33NO8S3. The third-order valence-corrected chi connectivity index (χ3v) is 8.40. The van der Waals surface area contributed by atoms with E-state index >= 15 is 0 Å². The fraction of sp³-hybridized carbons (Fsp3) is 0.290. The lowest BCUT2D eigenvalue weighted by atomic mass is 9.97. The average molecular weight is 644 g/mol. The molecule has 9 nitrogen and oxygen atoms in total. The quantitative estimate of drug-likeness (QED) is 0.0622. The number of thiophene rings is 1. The van der Waals surface area contributed by atoms with E-state index in [1.807, 2.05) is 0 Å². The highest BCUT2D eigenvalue weighted by Crippen LogP contribution is 2.42. The Morgan fingerprint density at radius 1 is 0.814 bits per heavy atom. The zero-order valence-electron chi connectivity index (χ0n) is 24.1. The second kappa shape index (κ2) is 14.2. The Kier molecular flexibility index (Phi) is 10.6. The molecule has 0 saturated carbocycles. The van der Waals surface area contributed by atoms with Gasteiger partial charge in [0.2, 0.25) is 0 Å². The number of unbranched alkanes of at least 4 members (excludes halogenated alkanes) is 3. The molecule has 228 valence electrons. The summed E-state index contributed by atoms with van der Waals surface area (Å²) in [7, 11) is -7.45. The van der Waals surface area contributed by atoms with Crippen molar-refractivity contribution in [1.29, 1.82) is 0 Å². The van der Waals surface area contributed by atoms with Gasteiger partial charge in [-0.1, -0.05) is 26.2 Å². The van der Waals surface area contributed by atoms with Gasteiger partial charge >= 0.3 is 20.2 Å². The summed E-state index contributed by atoms with van der Waals surface area (Å²) in [4.78, 5) is 18.9. The lowest BCUT2D eigenvalue weighted by Crippen LogP contribution is -2.06.